The van der Waals surface area contributed by atoms with Crippen LogP contribution in [-0.2, 0) is 16.6 Å². The van der Waals surface area contributed by atoms with Crippen LogP contribution in [0.1, 0.15) is 27.0 Å². The Bertz CT molecular complexity index is 1250. The van der Waals surface area contributed by atoms with E-state index in [1.807, 2.05) is 31.2 Å². The van der Waals surface area contributed by atoms with Crippen LogP contribution in [-0.4, -0.2) is 39.0 Å². The van der Waals surface area contributed by atoms with Crippen LogP contribution in [0.15, 0.2) is 71.8 Å². The molecule has 33 heavy (non-hydrogen) atoms. The highest BCUT2D eigenvalue weighted by atomic mass is 32.2. The van der Waals surface area contributed by atoms with E-state index in [4.69, 9.17) is 4.74 Å². The number of benzene rings is 3. The van der Waals surface area contributed by atoms with Crippen molar-refractivity contribution in [3.05, 3.63) is 89.0 Å². The van der Waals surface area contributed by atoms with Crippen molar-refractivity contribution in [1.29, 1.82) is 0 Å². The minimum atomic E-state index is -3.54. The molecule has 1 amide bonds. The molecule has 0 saturated heterocycles. The van der Waals surface area contributed by atoms with E-state index in [9.17, 15) is 18.3 Å². The average Bonchev–Trinajstić information content (AvgIpc) is 2.79. The molecule has 0 spiro atoms. The molecule has 172 valence electrons. The van der Waals surface area contributed by atoms with Gasteiger partial charge in [-0.05, 0) is 48.9 Å². The number of ether oxygens (including phenoxy) is 1. The van der Waals surface area contributed by atoms with Crippen molar-refractivity contribution in [1.82, 2.24) is 5.43 Å². The minimum Gasteiger partial charge on any atom is -0.504 e. The molecule has 0 atom stereocenters. The Morgan fingerprint density at radius 2 is 1.76 bits per heavy atom. The SMILES string of the molecule is COc1cccc(/C=N\NC(=O)c2ccc(N(Cc3ccc(C)cc3)S(C)(=O)=O)cc2)c1O. The number of phenolic OH excluding ortho intramolecular Hbond substituents is 1. The fourth-order valence-electron chi connectivity index (χ4n) is 3.07. The van der Waals surface area contributed by atoms with Gasteiger partial charge >= 0.3 is 0 Å². The molecule has 3 rings (SSSR count). The van der Waals surface area contributed by atoms with Crippen molar-refractivity contribution in [2.45, 2.75) is 13.5 Å². The van der Waals surface area contributed by atoms with Crippen molar-refractivity contribution in [3.63, 3.8) is 0 Å². The van der Waals surface area contributed by atoms with Crippen LogP contribution in [0.2, 0.25) is 0 Å². The maximum absolute atomic E-state index is 12.4. The zero-order valence-electron chi connectivity index (χ0n) is 18.5. The highest BCUT2D eigenvalue weighted by Gasteiger charge is 2.18. The standard InChI is InChI=1S/C24H25N3O5S/c1-17-7-9-18(10-8-17)16-27(33(3,30)31)21-13-11-19(12-14-21)24(29)26-25-15-20-5-4-6-22(32-2)23(20)28/h4-15,28H,16H2,1-3H3,(H,26,29)/b25-15-. The summed E-state index contributed by atoms with van der Waals surface area (Å²) in [6.45, 7) is 2.14. The van der Waals surface area contributed by atoms with Gasteiger partial charge < -0.3 is 9.84 Å². The van der Waals surface area contributed by atoms with Gasteiger partial charge in [-0.1, -0.05) is 35.9 Å². The van der Waals surface area contributed by atoms with Crippen LogP contribution in [0.25, 0.3) is 0 Å². The molecule has 0 aliphatic heterocycles. The van der Waals surface area contributed by atoms with Crippen molar-refractivity contribution >= 4 is 27.8 Å². The van der Waals surface area contributed by atoms with E-state index in [0.717, 1.165) is 17.4 Å². The fraction of sp³-hybridized carbons (Fsp3) is 0.167. The normalized spacial score (nSPS) is 11.4. The quantitative estimate of drug-likeness (QED) is 0.390. The Kier molecular flexibility index (Phi) is 7.34. The first-order valence-electron chi connectivity index (χ1n) is 10.0. The molecule has 0 fully saturated rings. The molecule has 0 unspecified atom stereocenters. The Labute approximate surface area is 193 Å². The number of aromatic hydroxyl groups is 1. The van der Waals surface area contributed by atoms with Gasteiger partial charge in [-0.15, -0.1) is 0 Å². The molecule has 0 aromatic heterocycles. The second-order valence-electron chi connectivity index (χ2n) is 7.40. The molecule has 0 aliphatic carbocycles. The number of carbonyl (C=O) groups is 1. The van der Waals surface area contributed by atoms with E-state index in [1.54, 1.807) is 30.3 Å². The number of hydrogen-bond acceptors (Lipinski definition) is 6. The van der Waals surface area contributed by atoms with Gasteiger partial charge in [0, 0.05) is 11.1 Å². The maximum atomic E-state index is 12.4. The monoisotopic (exact) mass is 467 g/mol. The van der Waals surface area contributed by atoms with Crippen LogP contribution in [0.3, 0.4) is 0 Å². The molecule has 3 aromatic rings. The third-order valence-electron chi connectivity index (χ3n) is 4.88. The number of methoxy groups -OCH3 is 1. The third-order valence-corrected chi connectivity index (χ3v) is 6.03. The summed E-state index contributed by atoms with van der Waals surface area (Å²) in [6.07, 6.45) is 2.45. The predicted molar refractivity (Wildman–Crippen MR) is 128 cm³/mol. The van der Waals surface area contributed by atoms with E-state index in [0.29, 0.717) is 22.6 Å². The van der Waals surface area contributed by atoms with Crippen LogP contribution < -0.4 is 14.5 Å². The number of anilines is 1. The largest absolute Gasteiger partial charge is 0.504 e. The first-order chi connectivity index (χ1) is 15.7. The number of aryl methyl sites for hydroxylation is 1. The van der Waals surface area contributed by atoms with Gasteiger partial charge in [0.1, 0.15) is 0 Å². The van der Waals surface area contributed by atoms with E-state index in [-0.39, 0.29) is 12.3 Å². The number of hydrogen-bond donors (Lipinski definition) is 2. The number of nitrogens with one attached hydrogen (secondary N) is 1. The van der Waals surface area contributed by atoms with Crippen molar-refractivity contribution in [2.75, 3.05) is 17.7 Å². The van der Waals surface area contributed by atoms with Gasteiger partial charge in [0.05, 0.1) is 31.8 Å². The topological polar surface area (TPSA) is 108 Å². The molecular formula is C24H25N3O5S. The molecule has 0 bridgehead atoms. The lowest BCUT2D eigenvalue weighted by Crippen LogP contribution is -2.29. The summed E-state index contributed by atoms with van der Waals surface area (Å²) in [5.41, 5.74) is 5.44. The molecule has 0 saturated carbocycles. The number of sulfonamides is 1. The fourth-order valence-corrected chi connectivity index (χ4v) is 3.96. The Hall–Kier alpha value is -3.85. The van der Waals surface area contributed by atoms with E-state index in [1.165, 1.54) is 29.8 Å². The van der Waals surface area contributed by atoms with Gasteiger partial charge in [-0.2, -0.15) is 5.10 Å². The first-order valence-corrected chi connectivity index (χ1v) is 11.9. The van der Waals surface area contributed by atoms with Gasteiger partial charge in [0.2, 0.25) is 10.0 Å². The van der Waals surface area contributed by atoms with E-state index >= 15 is 0 Å². The molecule has 3 aromatic carbocycles. The van der Waals surface area contributed by atoms with Crippen molar-refractivity contribution < 1.29 is 23.1 Å². The second kappa shape index (κ2) is 10.2. The number of rotatable bonds is 8. The van der Waals surface area contributed by atoms with Gasteiger partial charge in [0.15, 0.2) is 11.5 Å². The van der Waals surface area contributed by atoms with Crippen LogP contribution in [0.5, 0.6) is 11.5 Å². The van der Waals surface area contributed by atoms with E-state index in [2.05, 4.69) is 10.5 Å². The highest BCUT2D eigenvalue weighted by Crippen LogP contribution is 2.28. The number of phenols is 1. The highest BCUT2D eigenvalue weighted by molar-refractivity contribution is 7.92. The molecule has 0 aliphatic rings. The summed E-state index contributed by atoms with van der Waals surface area (Å²) in [6, 6.07) is 18.7. The lowest BCUT2D eigenvalue weighted by atomic mass is 10.1. The summed E-state index contributed by atoms with van der Waals surface area (Å²) in [7, 11) is -2.10. The number of carbonyl (C=O) groups excluding carboxylic acids is 1. The van der Waals surface area contributed by atoms with Crippen LogP contribution in [0, 0.1) is 6.92 Å². The Balaban J connectivity index is 1.72. The lowest BCUT2D eigenvalue weighted by molar-refractivity contribution is 0.0955. The molecule has 9 heteroatoms. The Morgan fingerprint density at radius 1 is 1.09 bits per heavy atom. The second-order valence-corrected chi connectivity index (χ2v) is 9.31. The zero-order valence-corrected chi connectivity index (χ0v) is 19.3. The molecule has 0 heterocycles. The summed E-state index contributed by atoms with van der Waals surface area (Å²) in [5.74, 6) is -0.275. The van der Waals surface area contributed by atoms with Crippen molar-refractivity contribution in [3.8, 4) is 11.5 Å². The molecule has 8 nitrogen and oxygen atoms in total. The molecule has 2 N–H and O–H groups in total. The predicted octanol–water partition coefficient (Wildman–Crippen LogP) is 3.44. The van der Waals surface area contributed by atoms with Crippen LogP contribution >= 0.6 is 0 Å². The number of nitrogens with zero attached hydrogens (tertiary/aromatic N) is 2. The Morgan fingerprint density at radius 3 is 2.36 bits per heavy atom. The van der Waals surface area contributed by atoms with Gasteiger partial charge in [0.25, 0.3) is 5.91 Å². The average molecular weight is 468 g/mol. The van der Waals surface area contributed by atoms with Crippen molar-refractivity contribution in [2.24, 2.45) is 5.10 Å². The minimum absolute atomic E-state index is 0.0863. The summed E-state index contributed by atoms with van der Waals surface area (Å²) < 4.78 is 31.1. The third kappa shape index (κ3) is 6.11. The molecular weight excluding hydrogens is 442 g/mol. The smallest absolute Gasteiger partial charge is 0.271 e. The van der Waals surface area contributed by atoms with Gasteiger partial charge in [-0.25, -0.2) is 13.8 Å². The maximum Gasteiger partial charge on any atom is 0.271 e. The van der Waals surface area contributed by atoms with Crippen LogP contribution in [0.4, 0.5) is 5.69 Å². The lowest BCUT2D eigenvalue weighted by Gasteiger charge is -2.22. The summed E-state index contributed by atoms with van der Waals surface area (Å²) in [5, 5.41) is 13.9. The number of para-hydroxylation sites is 1. The first kappa shape index (κ1) is 23.8. The number of hydrazone groups is 1. The zero-order chi connectivity index (χ0) is 24.0. The van der Waals surface area contributed by atoms with Gasteiger partial charge in [-0.3, -0.25) is 9.10 Å². The van der Waals surface area contributed by atoms with E-state index < -0.39 is 15.9 Å². The summed E-state index contributed by atoms with van der Waals surface area (Å²) in [4.78, 5) is 12.4. The molecule has 0 radical (unpaired) electrons. The number of amides is 1. The summed E-state index contributed by atoms with van der Waals surface area (Å²) >= 11 is 0.